The minimum absolute atomic E-state index is 0.908. The molecule has 1 rings (SSSR count). The van der Waals surface area contributed by atoms with Gasteiger partial charge in [0.2, 0.25) is 0 Å². The highest BCUT2D eigenvalue weighted by molar-refractivity contribution is 9.10. The summed E-state index contributed by atoms with van der Waals surface area (Å²) in [5.41, 5.74) is 1.07. The van der Waals surface area contributed by atoms with E-state index >= 15 is 0 Å². The molecule has 0 saturated carbocycles. The SMILES string of the molecule is CCCCCCCCCNc1cc(Br)ccc1OC. The first-order chi connectivity index (χ1) is 9.27. The molecule has 0 saturated heterocycles. The van der Waals surface area contributed by atoms with Crippen molar-refractivity contribution in [1.29, 1.82) is 0 Å². The maximum Gasteiger partial charge on any atom is 0.142 e. The van der Waals surface area contributed by atoms with Crippen LogP contribution >= 0.6 is 15.9 Å². The lowest BCUT2D eigenvalue weighted by atomic mass is 10.1. The van der Waals surface area contributed by atoms with Gasteiger partial charge in [0, 0.05) is 11.0 Å². The molecule has 0 radical (unpaired) electrons. The fraction of sp³-hybridized carbons (Fsp3) is 0.625. The van der Waals surface area contributed by atoms with Crippen molar-refractivity contribution in [3.8, 4) is 5.75 Å². The summed E-state index contributed by atoms with van der Waals surface area (Å²) < 4.78 is 6.42. The third kappa shape index (κ3) is 6.86. The summed E-state index contributed by atoms with van der Waals surface area (Å²) in [6.45, 7) is 3.27. The van der Waals surface area contributed by atoms with Crippen molar-refractivity contribution in [2.24, 2.45) is 0 Å². The molecule has 0 aliphatic carbocycles. The second-order valence-electron chi connectivity index (χ2n) is 4.89. The predicted molar refractivity (Wildman–Crippen MR) is 87.2 cm³/mol. The second-order valence-corrected chi connectivity index (χ2v) is 5.81. The van der Waals surface area contributed by atoms with Crippen LogP contribution in [0.3, 0.4) is 0 Å². The molecular weight excluding hydrogens is 302 g/mol. The Balaban J connectivity index is 2.17. The van der Waals surface area contributed by atoms with Crippen LogP contribution in [0.2, 0.25) is 0 Å². The molecule has 0 aliphatic rings. The lowest BCUT2D eigenvalue weighted by Gasteiger charge is -2.11. The van der Waals surface area contributed by atoms with Crippen molar-refractivity contribution >= 4 is 21.6 Å². The van der Waals surface area contributed by atoms with Gasteiger partial charge in [-0.25, -0.2) is 0 Å². The van der Waals surface area contributed by atoms with Gasteiger partial charge in [-0.2, -0.15) is 0 Å². The Morgan fingerprint density at radius 2 is 1.74 bits per heavy atom. The first-order valence-electron chi connectivity index (χ1n) is 7.35. The molecule has 0 fully saturated rings. The molecule has 1 aromatic rings. The van der Waals surface area contributed by atoms with Crippen LogP contribution in [0, 0.1) is 0 Å². The van der Waals surface area contributed by atoms with E-state index < -0.39 is 0 Å². The third-order valence-electron chi connectivity index (χ3n) is 3.26. The van der Waals surface area contributed by atoms with E-state index in [1.807, 2.05) is 12.1 Å². The van der Waals surface area contributed by atoms with E-state index in [-0.39, 0.29) is 0 Å². The summed E-state index contributed by atoms with van der Waals surface area (Å²) in [7, 11) is 1.71. The Morgan fingerprint density at radius 1 is 1.05 bits per heavy atom. The van der Waals surface area contributed by atoms with Gasteiger partial charge in [-0.3, -0.25) is 0 Å². The van der Waals surface area contributed by atoms with Crippen LogP contribution in [0.15, 0.2) is 22.7 Å². The maximum absolute atomic E-state index is 5.34. The van der Waals surface area contributed by atoms with Crippen LogP contribution < -0.4 is 10.1 Å². The van der Waals surface area contributed by atoms with E-state index in [1.165, 1.54) is 44.9 Å². The summed E-state index contributed by atoms with van der Waals surface area (Å²) >= 11 is 3.49. The average molecular weight is 328 g/mol. The predicted octanol–water partition coefficient (Wildman–Crippen LogP) is 5.62. The van der Waals surface area contributed by atoms with Gasteiger partial charge in [-0.05, 0) is 24.6 Å². The number of benzene rings is 1. The van der Waals surface area contributed by atoms with Crippen LogP contribution in [-0.4, -0.2) is 13.7 Å². The summed E-state index contributed by atoms with van der Waals surface area (Å²) in [6, 6.07) is 6.05. The highest BCUT2D eigenvalue weighted by Gasteiger charge is 2.02. The summed E-state index contributed by atoms with van der Waals surface area (Å²) in [5, 5.41) is 3.45. The number of hydrogen-bond acceptors (Lipinski definition) is 2. The number of ether oxygens (including phenoxy) is 1. The molecule has 2 nitrogen and oxygen atoms in total. The van der Waals surface area contributed by atoms with Gasteiger partial charge in [-0.1, -0.05) is 61.4 Å². The molecule has 1 N–H and O–H groups in total. The number of hydrogen-bond donors (Lipinski definition) is 1. The Morgan fingerprint density at radius 3 is 2.42 bits per heavy atom. The van der Waals surface area contributed by atoms with E-state index in [0.29, 0.717) is 0 Å². The average Bonchev–Trinajstić information content (AvgIpc) is 2.42. The molecular formula is C16H26BrNO. The normalized spacial score (nSPS) is 10.5. The minimum atomic E-state index is 0.908. The van der Waals surface area contributed by atoms with Gasteiger partial charge >= 0.3 is 0 Å². The summed E-state index contributed by atoms with van der Waals surface area (Å²) in [6.07, 6.45) is 9.38. The zero-order valence-electron chi connectivity index (χ0n) is 12.2. The molecule has 1 aromatic carbocycles. The zero-order valence-corrected chi connectivity index (χ0v) is 13.8. The molecule has 0 amide bonds. The van der Waals surface area contributed by atoms with E-state index in [9.17, 15) is 0 Å². The highest BCUT2D eigenvalue weighted by atomic mass is 79.9. The second kappa shape index (κ2) is 10.1. The number of anilines is 1. The van der Waals surface area contributed by atoms with Crippen molar-refractivity contribution < 1.29 is 4.74 Å². The monoisotopic (exact) mass is 327 g/mol. The number of halogens is 1. The molecule has 0 bridgehead atoms. The van der Waals surface area contributed by atoms with E-state index in [2.05, 4.69) is 34.2 Å². The quantitative estimate of drug-likeness (QED) is 0.563. The van der Waals surface area contributed by atoms with Crippen LogP contribution in [0.5, 0.6) is 5.75 Å². The molecule has 3 heteroatoms. The van der Waals surface area contributed by atoms with Crippen LogP contribution in [0.25, 0.3) is 0 Å². The fourth-order valence-electron chi connectivity index (χ4n) is 2.12. The largest absolute Gasteiger partial charge is 0.495 e. The maximum atomic E-state index is 5.34. The lowest BCUT2D eigenvalue weighted by Crippen LogP contribution is -2.03. The molecule has 19 heavy (non-hydrogen) atoms. The van der Waals surface area contributed by atoms with Crippen molar-refractivity contribution in [3.63, 3.8) is 0 Å². The third-order valence-corrected chi connectivity index (χ3v) is 3.75. The number of rotatable bonds is 10. The van der Waals surface area contributed by atoms with Crippen LogP contribution in [0.4, 0.5) is 5.69 Å². The first-order valence-corrected chi connectivity index (χ1v) is 8.14. The molecule has 0 aromatic heterocycles. The van der Waals surface area contributed by atoms with Crippen LogP contribution in [0.1, 0.15) is 51.9 Å². The van der Waals surface area contributed by atoms with Crippen molar-refractivity contribution in [2.45, 2.75) is 51.9 Å². The highest BCUT2D eigenvalue weighted by Crippen LogP contribution is 2.27. The van der Waals surface area contributed by atoms with Crippen molar-refractivity contribution in [2.75, 3.05) is 19.0 Å². The van der Waals surface area contributed by atoms with Gasteiger partial charge in [0.25, 0.3) is 0 Å². The van der Waals surface area contributed by atoms with Gasteiger partial charge in [0.1, 0.15) is 5.75 Å². The van der Waals surface area contributed by atoms with Gasteiger partial charge in [0.05, 0.1) is 12.8 Å². The standard InChI is InChI=1S/C16H26BrNO/c1-3-4-5-6-7-8-9-12-18-15-13-14(17)10-11-16(15)19-2/h10-11,13,18H,3-9,12H2,1-2H3. The zero-order chi connectivity index (χ0) is 13.9. The molecule has 0 spiro atoms. The van der Waals surface area contributed by atoms with Crippen LogP contribution in [-0.2, 0) is 0 Å². The summed E-state index contributed by atoms with van der Waals surface area (Å²) in [5.74, 6) is 0.908. The number of unbranched alkanes of at least 4 members (excludes halogenated alkanes) is 6. The number of methoxy groups -OCH3 is 1. The van der Waals surface area contributed by atoms with Gasteiger partial charge in [-0.15, -0.1) is 0 Å². The van der Waals surface area contributed by atoms with Crippen molar-refractivity contribution in [1.82, 2.24) is 0 Å². The Kier molecular flexibility index (Phi) is 8.72. The minimum Gasteiger partial charge on any atom is -0.495 e. The smallest absolute Gasteiger partial charge is 0.142 e. The summed E-state index contributed by atoms with van der Waals surface area (Å²) in [4.78, 5) is 0. The Labute approximate surface area is 126 Å². The van der Waals surface area contributed by atoms with E-state index in [0.717, 1.165) is 22.5 Å². The topological polar surface area (TPSA) is 21.3 Å². The van der Waals surface area contributed by atoms with Gasteiger partial charge in [0.15, 0.2) is 0 Å². The Bertz CT molecular complexity index is 355. The number of nitrogens with one attached hydrogen (secondary N) is 1. The van der Waals surface area contributed by atoms with Gasteiger partial charge < -0.3 is 10.1 Å². The fourth-order valence-corrected chi connectivity index (χ4v) is 2.48. The molecule has 0 heterocycles. The van der Waals surface area contributed by atoms with Crippen molar-refractivity contribution in [3.05, 3.63) is 22.7 Å². The Hall–Kier alpha value is -0.700. The molecule has 0 aliphatic heterocycles. The molecule has 0 atom stereocenters. The first kappa shape index (κ1) is 16.4. The molecule has 108 valence electrons. The van der Waals surface area contributed by atoms with E-state index in [1.54, 1.807) is 7.11 Å². The van der Waals surface area contributed by atoms with E-state index in [4.69, 9.17) is 4.74 Å². The molecule has 0 unspecified atom stereocenters. The lowest BCUT2D eigenvalue weighted by molar-refractivity contribution is 0.416.